The fourth-order valence-corrected chi connectivity index (χ4v) is 3.29. The van der Waals surface area contributed by atoms with Crippen LogP contribution >= 0.6 is 12.2 Å². The lowest BCUT2D eigenvalue weighted by Gasteiger charge is -2.31. The van der Waals surface area contributed by atoms with E-state index in [0.717, 1.165) is 24.5 Å². The van der Waals surface area contributed by atoms with E-state index in [4.69, 9.17) is 26.4 Å². The van der Waals surface area contributed by atoms with Gasteiger partial charge in [-0.25, -0.2) is 4.39 Å². The molecule has 1 fully saturated rings. The van der Waals surface area contributed by atoms with Crippen molar-refractivity contribution in [3.63, 3.8) is 0 Å². The number of morpholine rings is 1. The molecule has 0 unspecified atom stereocenters. The van der Waals surface area contributed by atoms with Crippen LogP contribution in [0.1, 0.15) is 13.8 Å². The Balaban J connectivity index is 1.84. The van der Waals surface area contributed by atoms with Crippen molar-refractivity contribution in [1.29, 1.82) is 0 Å². The Kier molecular flexibility index (Phi) is 7.48. The lowest BCUT2D eigenvalue weighted by Crippen LogP contribution is -2.36. The van der Waals surface area contributed by atoms with Gasteiger partial charge in [-0.15, -0.1) is 0 Å². The molecule has 3 rings (SSSR count). The van der Waals surface area contributed by atoms with Crippen molar-refractivity contribution in [1.82, 2.24) is 0 Å². The average molecular weight is 420 g/mol. The summed E-state index contributed by atoms with van der Waals surface area (Å²) >= 11 is 5.42. The molecule has 1 saturated heterocycles. The molecular weight excluding hydrogens is 393 g/mol. The molecule has 8 heteroatoms. The van der Waals surface area contributed by atoms with E-state index in [0.29, 0.717) is 48.7 Å². The summed E-state index contributed by atoms with van der Waals surface area (Å²) in [5, 5.41) is 6.59. The van der Waals surface area contributed by atoms with E-state index in [1.165, 1.54) is 12.1 Å². The maximum absolute atomic E-state index is 13.1. The molecule has 1 aliphatic heterocycles. The van der Waals surface area contributed by atoms with Gasteiger partial charge in [0.15, 0.2) is 5.11 Å². The number of nitrogens with zero attached hydrogens (tertiary/aromatic N) is 1. The monoisotopic (exact) mass is 419 g/mol. The Morgan fingerprint density at radius 2 is 1.69 bits per heavy atom. The van der Waals surface area contributed by atoms with Crippen LogP contribution in [0.3, 0.4) is 0 Å². The number of benzene rings is 2. The third kappa shape index (κ3) is 5.71. The molecule has 1 aliphatic rings. The highest BCUT2D eigenvalue weighted by Crippen LogP contribution is 2.39. The van der Waals surface area contributed by atoms with Gasteiger partial charge in [0.1, 0.15) is 17.3 Å². The summed E-state index contributed by atoms with van der Waals surface area (Å²) in [6.07, 6.45) is 0. The third-order valence-electron chi connectivity index (χ3n) is 4.36. The highest BCUT2D eigenvalue weighted by atomic mass is 32.1. The second-order valence-electron chi connectivity index (χ2n) is 6.37. The largest absolute Gasteiger partial charge is 0.492 e. The van der Waals surface area contributed by atoms with E-state index >= 15 is 0 Å². The second-order valence-corrected chi connectivity index (χ2v) is 6.78. The van der Waals surface area contributed by atoms with Crippen LogP contribution < -0.4 is 25.0 Å². The molecule has 6 nitrogen and oxygen atoms in total. The van der Waals surface area contributed by atoms with Crippen LogP contribution in [0.2, 0.25) is 0 Å². The normalized spacial score (nSPS) is 13.7. The summed E-state index contributed by atoms with van der Waals surface area (Å²) in [5.74, 6) is 1.14. The lowest BCUT2D eigenvalue weighted by molar-refractivity contribution is 0.122. The average Bonchev–Trinajstić information content (AvgIpc) is 2.72. The Hall–Kier alpha value is -2.58. The maximum Gasteiger partial charge on any atom is 0.175 e. The molecule has 0 amide bonds. The smallest absolute Gasteiger partial charge is 0.175 e. The summed E-state index contributed by atoms with van der Waals surface area (Å²) in [7, 11) is 0. The number of halogens is 1. The van der Waals surface area contributed by atoms with Gasteiger partial charge < -0.3 is 29.7 Å². The summed E-state index contributed by atoms with van der Waals surface area (Å²) in [4.78, 5) is 2.23. The predicted octanol–water partition coefficient (Wildman–Crippen LogP) is 4.27. The first kappa shape index (κ1) is 21.1. The van der Waals surface area contributed by atoms with Crippen molar-refractivity contribution < 1.29 is 18.6 Å². The molecule has 0 radical (unpaired) electrons. The number of anilines is 3. The quantitative estimate of drug-likeness (QED) is 0.650. The zero-order valence-corrected chi connectivity index (χ0v) is 17.5. The first-order valence-electron chi connectivity index (χ1n) is 9.70. The second kappa shape index (κ2) is 10.3. The van der Waals surface area contributed by atoms with Gasteiger partial charge in [-0.1, -0.05) is 0 Å². The lowest BCUT2D eigenvalue weighted by atomic mass is 10.2. The van der Waals surface area contributed by atoms with Crippen LogP contribution in [0.5, 0.6) is 11.5 Å². The topological polar surface area (TPSA) is 55.0 Å². The van der Waals surface area contributed by atoms with Crippen LogP contribution in [-0.2, 0) is 4.74 Å². The van der Waals surface area contributed by atoms with Crippen molar-refractivity contribution in [2.45, 2.75) is 13.8 Å². The van der Waals surface area contributed by atoms with Gasteiger partial charge >= 0.3 is 0 Å². The van der Waals surface area contributed by atoms with Crippen LogP contribution in [-0.4, -0.2) is 44.6 Å². The van der Waals surface area contributed by atoms with E-state index in [1.807, 2.05) is 26.0 Å². The summed E-state index contributed by atoms with van der Waals surface area (Å²) in [6.45, 7) is 7.90. The minimum atomic E-state index is -0.298. The van der Waals surface area contributed by atoms with Crippen molar-refractivity contribution in [2.24, 2.45) is 0 Å². The SMILES string of the molecule is CCOc1cc(N2CCOCC2)c(OCC)cc1NC(=S)Nc1ccc(F)cc1. The van der Waals surface area contributed by atoms with Crippen LogP contribution in [0.15, 0.2) is 36.4 Å². The van der Waals surface area contributed by atoms with Gasteiger partial charge in [0, 0.05) is 30.9 Å². The minimum absolute atomic E-state index is 0.298. The third-order valence-corrected chi connectivity index (χ3v) is 4.57. The fraction of sp³-hybridized carbons (Fsp3) is 0.381. The van der Waals surface area contributed by atoms with E-state index in [-0.39, 0.29) is 5.82 Å². The number of ether oxygens (including phenoxy) is 3. The molecule has 0 aromatic heterocycles. The van der Waals surface area contributed by atoms with Crippen molar-refractivity contribution in [3.05, 3.63) is 42.2 Å². The molecule has 29 heavy (non-hydrogen) atoms. The summed E-state index contributed by atoms with van der Waals surface area (Å²) < 4.78 is 30.3. The van der Waals surface area contributed by atoms with Crippen LogP contribution in [0.25, 0.3) is 0 Å². The standard InChI is InChI=1S/C21H26FN3O3S/c1-3-27-19-14-18(25-9-11-26-12-10-25)20(28-4-2)13-17(19)24-21(29)23-16-7-5-15(22)6-8-16/h5-8,13-14H,3-4,9-12H2,1-2H3,(H2,23,24,29). The molecule has 0 aliphatic carbocycles. The van der Waals surface area contributed by atoms with Gasteiger partial charge in [0.05, 0.1) is 37.8 Å². The fourth-order valence-electron chi connectivity index (χ4n) is 3.06. The molecule has 2 aromatic carbocycles. The van der Waals surface area contributed by atoms with Gasteiger partial charge in [0.25, 0.3) is 0 Å². The highest BCUT2D eigenvalue weighted by Gasteiger charge is 2.20. The molecule has 2 N–H and O–H groups in total. The summed E-state index contributed by atoms with van der Waals surface area (Å²) in [6, 6.07) is 9.88. The van der Waals surface area contributed by atoms with E-state index in [9.17, 15) is 4.39 Å². The molecule has 0 bridgehead atoms. The van der Waals surface area contributed by atoms with Crippen molar-refractivity contribution in [3.8, 4) is 11.5 Å². The molecule has 2 aromatic rings. The van der Waals surface area contributed by atoms with Gasteiger partial charge in [0.2, 0.25) is 0 Å². The zero-order valence-electron chi connectivity index (χ0n) is 16.7. The minimum Gasteiger partial charge on any atom is -0.492 e. The molecular formula is C21H26FN3O3S. The molecule has 0 atom stereocenters. The Bertz CT molecular complexity index is 827. The molecule has 0 spiro atoms. The number of thiocarbonyl (C=S) groups is 1. The molecule has 0 saturated carbocycles. The van der Waals surface area contributed by atoms with E-state index in [1.54, 1.807) is 12.1 Å². The van der Waals surface area contributed by atoms with Crippen LogP contribution in [0.4, 0.5) is 21.5 Å². The van der Waals surface area contributed by atoms with Crippen molar-refractivity contribution in [2.75, 3.05) is 55.1 Å². The Morgan fingerprint density at radius 3 is 2.34 bits per heavy atom. The van der Waals surface area contributed by atoms with Crippen molar-refractivity contribution >= 4 is 34.4 Å². The number of hydrogen-bond acceptors (Lipinski definition) is 5. The van der Waals surface area contributed by atoms with Gasteiger partial charge in [-0.2, -0.15) is 0 Å². The maximum atomic E-state index is 13.1. The highest BCUT2D eigenvalue weighted by molar-refractivity contribution is 7.80. The number of rotatable bonds is 7. The number of nitrogens with one attached hydrogen (secondary N) is 2. The Morgan fingerprint density at radius 1 is 1.03 bits per heavy atom. The molecule has 1 heterocycles. The van der Waals surface area contributed by atoms with E-state index in [2.05, 4.69) is 15.5 Å². The number of hydrogen-bond donors (Lipinski definition) is 2. The van der Waals surface area contributed by atoms with Gasteiger partial charge in [-0.3, -0.25) is 0 Å². The Labute approximate surface area is 175 Å². The van der Waals surface area contributed by atoms with Gasteiger partial charge in [-0.05, 0) is 50.3 Å². The van der Waals surface area contributed by atoms with Crippen LogP contribution in [0, 0.1) is 5.82 Å². The predicted molar refractivity (Wildman–Crippen MR) is 118 cm³/mol. The first-order valence-corrected chi connectivity index (χ1v) is 10.1. The first-order chi connectivity index (χ1) is 14.1. The molecule has 156 valence electrons. The van der Waals surface area contributed by atoms with E-state index < -0.39 is 0 Å². The zero-order chi connectivity index (χ0) is 20.6. The summed E-state index contributed by atoms with van der Waals surface area (Å²) in [5.41, 5.74) is 2.37.